The van der Waals surface area contributed by atoms with Gasteiger partial charge in [-0.15, -0.1) is 0 Å². The van der Waals surface area contributed by atoms with Gasteiger partial charge in [0.2, 0.25) is 10.0 Å². The molecular formula is C22H28N2O4S. The first-order valence-electron chi connectivity index (χ1n) is 10.0. The van der Waals surface area contributed by atoms with E-state index >= 15 is 0 Å². The molecule has 1 fully saturated rings. The highest BCUT2D eigenvalue weighted by Crippen LogP contribution is 2.22. The lowest BCUT2D eigenvalue weighted by Gasteiger charge is -2.26. The third-order valence-corrected chi connectivity index (χ3v) is 6.94. The van der Waals surface area contributed by atoms with Crippen molar-refractivity contribution in [3.05, 3.63) is 59.2 Å². The highest BCUT2D eigenvalue weighted by molar-refractivity contribution is 7.89. The summed E-state index contributed by atoms with van der Waals surface area (Å²) in [5.41, 5.74) is 2.19. The molecule has 2 aromatic carbocycles. The highest BCUT2D eigenvalue weighted by atomic mass is 32.2. The maximum Gasteiger partial charge on any atom is 0.251 e. The van der Waals surface area contributed by atoms with E-state index in [1.165, 1.54) is 0 Å². The summed E-state index contributed by atoms with van der Waals surface area (Å²) in [6, 6.07) is 12.1. The number of nitrogens with one attached hydrogen (secondary N) is 1. The van der Waals surface area contributed by atoms with E-state index in [2.05, 4.69) is 5.32 Å². The molecule has 156 valence electrons. The van der Waals surface area contributed by atoms with Gasteiger partial charge in [0.1, 0.15) is 5.75 Å². The second-order valence-corrected chi connectivity index (χ2v) is 9.15. The maximum atomic E-state index is 12.8. The second-order valence-electron chi connectivity index (χ2n) is 7.21. The standard InChI is InChI=1S/C22H28N2O4S/c1-3-28-21-11-10-19(14-17(21)2)22(25)23-16-18-8-7-9-20(15-18)29(26,27)24-12-5-4-6-13-24/h7-11,14-15H,3-6,12-13,16H2,1-2H3,(H,23,25). The molecule has 0 aromatic heterocycles. The molecule has 1 aliphatic rings. The number of amides is 1. The number of benzene rings is 2. The molecule has 0 aliphatic carbocycles. The predicted octanol–water partition coefficient (Wildman–Crippen LogP) is 3.50. The van der Waals surface area contributed by atoms with Gasteiger partial charge in [0, 0.05) is 25.2 Å². The molecule has 0 atom stereocenters. The third-order valence-electron chi connectivity index (χ3n) is 5.04. The molecule has 0 saturated carbocycles. The monoisotopic (exact) mass is 416 g/mol. The zero-order valence-electron chi connectivity index (χ0n) is 17.0. The van der Waals surface area contributed by atoms with Crippen LogP contribution in [0.1, 0.15) is 47.7 Å². The molecule has 1 heterocycles. The number of carbonyl (C=O) groups is 1. The van der Waals surface area contributed by atoms with E-state index in [4.69, 9.17) is 4.74 Å². The molecule has 1 amide bonds. The van der Waals surface area contributed by atoms with Crippen LogP contribution in [0.4, 0.5) is 0 Å². The van der Waals surface area contributed by atoms with Crippen LogP contribution in [-0.2, 0) is 16.6 Å². The van der Waals surface area contributed by atoms with Gasteiger partial charge >= 0.3 is 0 Å². The number of hydrogen-bond acceptors (Lipinski definition) is 4. The van der Waals surface area contributed by atoms with Crippen LogP contribution in [0.25, 0.3) is 0 Å². The summed E-state index contributed by atoms with van der Waals surface area (Å²) in [5.74, 6) is 0.556. The highest BCUT2D eigenvalue weighted by Gasteiger charge is 2.25. The van der Waals surface area contributed by atoms with Crippen molar-refractivity contribution in [1.82, 2.24) is 9.62 Å². The molecule has 6 nitrogen and oxygen atoms in total. The molecule has 3 rings (SSSR count). The molecule has 29 heavy (non-hydrogen) atoms. The average molecular weight is 417 g/mol. The Morgan fingerprint density at radius 1 is 1.10 bits per heavy atom. The zero-order chi connectivity index (χ0) is 20.9. The number of nitrogens with zero attached hydrogens (tertiary/aromatic N) is 1. The van der Waals surface area contributed by atoms with E-state index in [0.29, 0.717) is 25.3 Å². The SMILES string of the molecule is CCOc1ccc(C(=O)NCc2cccc(S(=O)(=O)N3CCCCC3)c2)cc1C. The van der Waals surface area contributed by atoms with Crippen molar-refractivity contribution in [3.63, 3.8) is 0 Å². The Hall–Kier alpha value is -2.38. The lowest BCUT2D eigenvalue weighted by Crippen LogP contribution is -2.35. The molecular weight excluding hydrogens is 388 g/mol. The fourth-order valence-electron chi connectivity index (χ4n) is 3.46. The Morgan fingerprint density at radius 2 is 1.86 bits per heavy atom. The quantitative estimate of drug-likeness (QED) is 0.750. The first-order valence-corrected chi connectivity index (χ1v) is 11.5. The van der Waals surface area contributed by atoms with Crippen molar-refractivity contribution >= 4 is 15.9 Å². The van der Waals surface area contributed by atoms with E-state index in [1.54, 1.807) is 40.7 Å². The molecule has 2 aromatic rings. The van der Waals surface area contributed by atoms with Gasteiger partial charge in [0.05, 0.1) is 11.5 Å². The minimum atomic E-state index is -3.48. The normalized spacial score (nSPS) is 15.1. The predicted molar refractivity (Wildman–Crippen MR) is 113 cm³/mol. The van der Waals surface area contributed by atoms with Gasteiger partial charge in [-0.05, 0) is 68.1 Å². The van der Waals surface area contributed by atoms with Crippen LogP contribution in [-0.4, -0.2) is 38.3 Å². The fourth-order valence-corrected chi connectivity index (χ4v) is 5.05. The van der Waals surface area contributed by atoms with Crippen LogP contribution >= 0.6 is 0 Å². The van der Waals surface area contributed by atoms with Crippen molar-refractivity contribution < 1.29 is 17.9 Å². The molecule has 0 unspecified atom stereocenters. The Balaban J connectivity index is 1.67. The van der Waals surface area contributed by atoms with Gasteiger partial charge in [0.25, 0.3) is 5.91 Å². The number of carbonyl (C=O) groups excluding carboxylic acids is 1. The number of ether oxygens (including phenoxy) is 1. The number of sulfonamides is 1. The Bertz CT molecular complexity index is 967. The van der Waals surface area contributed by atoms with Crippen LogP contribution < -0.4 is 10.1 Å². The average Bonchev–Trinajstić information content (AvgIpc) is 2.74. The topological polar surface area (TPSA) is 75.7 Å². The number of hydrogen-bond donors (Lipinski definition) is 1. The van der Waals surface area contributed by atoms with E-state index < -0.39 is 10.0 Å². The first kappa shape index (κ1) is 21.3. The summed E-state index contributed by atoms with van der Waals surface area (Å²) in [7, 11) is -3.48. The molecule has 0 bridgehead atoms. The summed E-state index contributed by atoms with van der Waals surface area (Å²) >= 11 is 0. The lowest BCUT2D eigenvalue weighted by molar-refractivity contribution is 0.0950. The van der Waals surface area contributed by atoms with Crippen molar-refractivity contribution in [2.24, 2.45) is 0 Å². The van der Waals surface area contributed by atoms with Crippen LogP contribution in [0.15, 0.2) is 47.4 Å². The summed E-state index contributed by atoms with van der Waals surface area (Å²) in [4.78, 5) is 12.8. The molecule has 1 N–H and O–H groups in total. The Morgan fingerprint density at radius 3 is 2.55 bits per heavy atom. The maximum absolute atomic E-state index is 12.8. The van der Waals surface area contributed by atoms with Gasteiger partial charge in [-0.25, -0.2) is 8.42 Å². The summed E-state index contributed by atoms with van der Waals surface area (Å²) in [5, 5.41) is 2.86. The molecule has 7 heteroatoms. The van der Waals surface area contributed by atoms with Gasteiger partial charge < -0.3 is 10.1 Å². The Kier molecular flexibility index (Phi) is 6.92. The molecule has 1 aliphatic heterocycles. The summed E-state index contributed by atoms with van der Waals surface area (Å²) in [6.07, 6.45) is 2.87. The van der Waals surface area contributed by atoms with Crippen molar-refractivity contribution in [2.45, 2.75) is 44.6 Å². The van der Waals surface area contributed by atoms with E-state index in [1.807, 2.05) is 19.9 Å². The lowest BCUT2D eigenvalue weighted by atomic mass is 10.1. The second kappa shape index (κ2) is 9.41. The number of aryl methyl sites for hydroxylation is 1. The van der Waals surface area contributed by atoms with Crippen LogP contribution in [0.3, 0.4) is 0 Å². The summed E-state index contributed by atoms with van der Waals surface area (Å²) in [6.45, 7) is 5.79. The van der Waals surface area contributed by atoms with Gasteiger partial charge in [-0.2, -0.15) is 4.31 Å². The zero-order valence-corrected chi connectivity index (χ0v) is 17.8. The van der Waals surface area contributed by atoms with E-state index in [9.17, 15) is 13.2 Å². The van der Waals surface area contributed by atoms with Gasteiger partial charge in [0.15, 0.2) is 0 Å². The number of rotatable bonds is 7. The largest absolute Gasteiger partial charge is 0.494 e. The molecule has 0 radical (unpaired) electrons. The van der Waals surface area contributed by atoms with Crippen molar-refractivity contribution in [2.75, 3.05) is 19.7 Å². The minimum Gasteiger partial charge on any atom is -0.494 e. The van der Waals surface area contributed by atoms with Gasteiger partial charge in [-0.1, -0.05) is 18.6 Å². The molecule has 0 spiro atoms. The van der Waals surface area contributed by atoms with Gasteiger partial charge in [-0.3, -0.25) is 4.79 Å². The van der Waals surface area contributed by atoms with Crippen molar-refractivity contribution in [1.29, 1.82) is 0 Å². The third kappa shape index (κ3) is 5.16. The van der Waals surface area contributed by atoms with Crippen LogP contribution in [0, 0.1) is 6.92 Å². The summed E-state index contributed by atoms with van der Waals surface area (Å²) < 4.78 is 32.8. The van der Waals surface area contributed by atoms with Crippen molar-refractivity contribution in [3.8, 4) is 5.75 Å². The number of piperidine rings is 1. The Labute approximate surface area is 172 Å². The van der Waals surface area contributed by atoms with E-state index in [-0.39, 0.29) is 17.3 Å². The first-order chi connectivity index (χ1) is 13.9. The van der Waals surface area contributed by atoms with Crippen LogP contribution in [0.2, 0.25) is 0 Å². The fraction of sp³-hybridized carbons (Fsp3) is 0.409. The van der Waals surface area contributed by atoms with Crippen LogP contribution in [0.5, 0.6) is 5.75 Å². The minimum absolute atomic E-state index is 0.208. The molecule has 1 saturated heterocycles. The smallest absolute Gasteiger partial charge is 0.251 e. The van der Waals surface area contributed by atoms with E-state index in [0.717, 1.165) is 36.1 Å².